The Kier molecular flexibility index (Phi) is 5.22. The number of thiophene rings is 1. The van der Waals surface area contributed by atoms with Gasteiger partial charge in [-0.15, -0.1) is 11.3 Å². The Hall–Kier alpha value is -2.87. The highest BCUT2D eigenvalue weighted by molar-refractivity contribution is 7.12. The number of rotatable bonds is 5. The van der Waals surface area contributed by atoms with Crippen LogP contribution in [0.2, 0.25) is 0 Å². The fourth-order valence-corrected chi connectivity index (χ4v) is 3.45. The van der Waals surface area contributed by atoms with Crippen molar-refractivity contribution in [1.82, 2.24) is 4.90 Å². The number of hydrogen-bond donors (Lipinski definition) is 2. The van der Waals surface area contributed by atoms with Gasteiger partial charge < -0.3 is 20.6 Å². The molecular weight excluding hydrogens is 352 g/mol. The Morgan fingerprint density at radius 3 is 2.88 bits per heavy atom. The van der Waals surface area contributed by atoms with Gasteiger partial charge in [-0.05, 0) is 41.6 Å². The van der Waals surface area contributed by atoms with E-state index in [1.165, 1.54) is 23.3 Å². The van der Waals surface area contributed by atoms with E-state index in [-0.39, 0.29) is 12.5 Å². The molecular formula is C18H20N4O3S. The van der Waals surface area contributed by atoms with Crippen LogP contribution in [0.25, 0.3) is 0 Å². The van der Waals surface area contributed by atoms with Gasteiger partial charge >= 0.3 is 6.09 Å². The minimum absolute atomic E-state index is 0.00522. The minimum Gasteiger partial charge on any atom is -0.465 e. The molecule has 0 atom stereocenters. The lowest BCUT2D eigenvalue weighted by Crippen LogP contribution is -2.41. The summed E-state index contributed by atoms with van der Waals surface area (Å²) >= 11 is 1.53. The molecule has 1 aliphatic heterocycles. The van der Waals surface area contributed by atoms with E-state index in [0.29, 0.717) is 25.2 Å². The SMILES string of the molecule is CN(CCN1C(=O)CCc2cc(N=C(N)c3cccs3)ccc21)C(=O)O. The lowest BCUT2D eigenvalue weighted by Gasteiger charge is -2.30. The number of amides is 2. The van der Waals surface area contributed by atoms with Crippen molar-refractivity contribution in [3.8, 4) is 0 Å². The van der Waals surface area contributed by atoms with E-state index in [9.17, 15) is 9.59 Å². The summed E-state index contributed by atoms with van der Waals surface area (Å²) in [6.45, 7) is 0.584. The van der Waals surface area contributed by atoms with Crippen molar-refractivity contribution in [2.24, 2.45) is 10.7 Å². The van der Waals surface area contributed by atoms with Gasteiger partial charge in [0.1, 0.15) is 5.84 Å². The second kappa shape index (κ2) is 7.57. The molecule has 0 saturated carbocycles. The summed E-state index contributed by atoms with van der Waals surface area (Å²) in [6, 6.07) is 9.46. The summed E-state index contributed by atoms with van der Waals surface area (Å²) in [6.07, 6.45) is 0.0300. The summed E-state index contributed by atoms with van der Waals surface area (Å²) < 4.78 is 0. The molecule has 1 aliphatic rings. The number of nitrogens with two attached hydrogens (primary N) is 1. The highest BCUT2D eigenvalue weighted by atomic mass is 32.1. The van der Waals surface area contributed by atoms with Crippen molar-refractivity contribution in [2.75, 3.05) is 25.0 Å². The van der Waals surface area contributed by atoms with E-state index >= 15 is 0 Å². The largest absolute Gasteiger partial charge is 0.465 e. The van der Waals surface area contributed by atoms with E-state index in [4.69, 9.17) is 10.8 Å². The first-order chi connectivity index (χ1) is 12.5. The first-order valence-electron chi connectivity index (χ1n) is 8.21. The molecule has 2 heterocycles. The van der Waals surface area contributed by atoms with Crippen molar-refractivity contribution in [1.29, 1.82) is 0 Å². The van der Waals surface area contributed by atoms with Crippen molar-refractivity contribution in [3.63, 3.8) is 0 Å². The van der Waals surface area contributed by atoms with Crippen LogP contribution in [0.5, 0.6) is 0 Å². The van der Waals surface area contributed by atoms with E-state index in [1.54, 1.807) is 4.90 Å². The van der Waals surface area contributed by atoms with E-state index < -0.39 is 6.09 Å². The first kappa shape index (κ1) is 17.9. The first-order valence-corrected chi connectivity index (χ1v) is 9.09. The summed E-state index contributed by atoms with van der Waals surface area (Å²) in [7, 11) is 1.49. The van der Waals surface area contributed by atoms with Gasteiger partial charge in [0.05, 0.1) is 10.6 Å². The lowest BCUT2D eigenvalue weighted by atomic mass is 10.0. The Bertz CT molecular complexity index is 848. The van der Waals surface area contributed by atoms with Gasteiger partial charge in [-0.2, -0.15) is 0 Å². The van der Waals surface area contributed by atoms with Crippen molar-refractivity contribution in [3.05, 3.63) is 46.2 Å². The van der Waals surface area contributed by atoms with Gasteiger partial charge in [0, 0.05) is 32.2 Å². The maximum atomic E-state index is 12.3. The Balaban J connectivity index is 1.81. The van der Waals surface area contributed by atoms with Crippen LogP contribution in [0, 0.1) is 0 Å². The maximum absolute atomic E-state index is 12.3. The molecule has 8 heteroatoms. The van der Waals surface area contributed by atoms with Crippen molar-refractivity contribution in [2.45, 2.75) is 12.8 Å². The van der Waals surface area contributed by atoms with Crippen LogP contribution in [-0.4, -0.2) is 48.0 Å². The third-order valence-electron chi connectivity index (χ3n) is 4.27. The Morgan fingerprint density at radius 1 is 1.38 bits per heavy atom. The topological polar surface area (TPSA) is 99.2 Å². The molecule has 2 aromatic rings. The predicted octanol–water partition coefficient (Wildman–Crippen LogP) is 2.67. The Morgan fingerprint density at radius 2 is 2.19 bits per heavy atom. The minimum atomic E-state index is -1.01. The molecule has 3 rings (SSSR count). The van der Waals surface area contributed by atoms with E-state index in [2.05, 4.69) is 4.99 Å². The summed E-state index contributed by atoms with van der Waals surface area (Å²) in [5, 5.41) is 10.9. The van der Waals surface area contributed by atoms with E-state index in [0.717, 1.165) is 21.8 Å². The van der Waals surface area contributed by atoms with Crippen LogP contribution in [0.15, 0.2) is 40.7 Å². The third-order valence-corrected chi connectivity index (χ3v) is 5.16. The molecule has 26 heavy (non-hydrogen) atoms. The lowest BCUT2D eigenvalue weighted by molar-refractivity contribution is -0.118. The number of hydrogen-bond acceptors (Lipinski definition) is 4. The summed E-state index contributed by atoms with van der Waals surface area (Å²) in [4.78, 5) is 31.4. The van der Waals surface area contributed by atoms with Crippen LogP contribution < -0.4 is 10.6 Å². The van der Waals surface area contributed by atoms with Gasteiger partial charge in [0.15, 0.2) is 0 Å². The molecule has 0 unspecified atom stereocenters. The molecule has 0 saturated heterocycles. The van der Waals surface area contributed by atoms with Gasteiger partial charge in [-0.1, -0.05) is 6.07 Å². The molecule has 0 spiro atoms. The number of amidine groups is 1. The predicted molar refractivity (Wildman–Crippen MR) is 102 cm³/mol. The molecule has 3 N–H and O–H groups in total. The van der Waals surface area contributed by atoms with Crippen LogP contribution in [-0.2, 0) is 11.2 Å². The smallest absolute Gasteiger partial charge is 0.407 e. The highest BCUT2D eigenvalue weighted by Crippen LogP contribution is 2.31. The Labute approximate surface area is 155 Å². The summed E-state index contributed by atoms with van der Waals surface area (Å²) in [5.74, 6) is 0.470. The molecule has 0 bridgehead atoms. The van der Waals surface area contributed by atoms with Crippen LogP contribution in [0.3, 0.4) is 0 Å². The number of carbonyl (C=O) groups is 2. The molecule has 136 valence electrons. The zero-order valence-corrected chi connectivity index (χ0v) is 15.2. The average molecular weight is 372 g/mol. The second-order valence-corrected chi connectivity index (χ2v) is 6.98. The fraction of sp³-hybridized carbons (Fsp3) is 0.278. The zero-order valence-electron chi connectivity index (χ0n) is 14.4. The van der Waals surface area contributed by atoms with E-state index in [1.807, 2.05) is 35.7 Å². The van der Waals surface area contributed by atoms with Gasteiger partial charge in [0.2, 0.25) is 5.91 Å². The van der Waals surface area contributed by atoms with Crippen LogP contribution in [0.1, 0.15) is 16.9 Å². The standard InChI is InChI=1S/C18H20N4O3S/c1-21(18(24)25)8-9-22-14-6-5-13(11-12(14)4-7-16(22)23)20-17(19)15-3-2-10-26-15/h2-3,5-6,10-11H,4,7-9H2,1H3,(H2,19,20)(H,24,25). The molecule has 1 aromatic carbocycles. The number of aryl methyl sites for hydroxylation is 1. The molecule has 1 aromatic heterocycles. The highest BCUT2D eigenvalue weighted by Gasteiger charge is 2.24. The summed E-state index contributed by atoms with van der Waals surface area (Å²) in [5.41, 5.74) is 8.61. The number of benzene rings is 1. The maximum Gasteiger partial charge on any atom is 0.407 e. The average Bonchev–Trinajstić information content (AvgIpc) is 3.15. The molecule has 0 aliphatic carbocycles. The molecule has 7 nitrogen and oxygen atoms in total. The number of carboxylic acid groups (broad SMARTS) is 1. The zero-order chi connectivity index (χ0) is 18.7. The van der Waals surface area contributed by atoms with Crippen molar-refractivity contribution < 1.29 is 14.7 Å². The quantitative estimate of drug-likeness (QED) is 0.622. The van der Waals surface area contributed by atoms with Crippen molar-refractivity contribution >= 4 is 40.5 Å². The number of aliphatic imine (C=N–C) groups is 1. The number of anilines is 1. The van der Waals surface area contributed by atoms with Gasteiger partial charge in [-0.25, -0.2) is 9.79 Å². The van der Waals surface area contributed by atoms with Crippen LogP contribution >= 0.6 is 11.3 Å². The number of fused-ring (bicyclic) bond motifs is 1. The van der Waals surface area contributed by atoms with Crippen LogP contribution in [0.4, 0.5) is 16.2 Å². The second-order valence-electron chi connectivity index (χ2n) is 6.04. The van der Waals surface area contributed by atoms with Gasteiger partial charge in [-0.3, -0.25) is 4.79 Å². The normalized spacial score (nSPS) is 14.3. The molecule has 0 fully saturated rings. The number of nitrogens with zero attached hydrogens (tertiary/aromatic N) is 3. The van der Waals surface area contributed by atoms with Gasteiger partial charge in [0.25, 0.3) is 0 Å². The number of likely N-dealkylation sites (N-methyl/N-ethyl adjacent to an activating group) is 1. The number of carbonyl (C=O) groups excluding carboxylic acids is 1. The fourth-order valence-electron chi connectivity index (χ4n) is 2.83. The molecule has 2 amide bonds. The third kappa shape index (κ3) is 3.85. The molecule has 0 radical (unpaired) electrons. The monoisotopic (exact) mass is 372 g/mol.